The number of nitrogens with two attached hydrogens (primary N) is 1. The van der Waals surface area contributed by atoms with Gasteiger partial charge in [-0.25, -0.2) is 14.6 Å². The van der Waals surface area contributed by atoms with E-state index in [4.69, 9.17) is 10.5 Å². The number of alkyl halides is 2. The normalized spacial score (nSPS) is 13.9. The first-order chi connectivity index (χ1) is 16.4. The standard InChI is InChI=1S/C21H22F2N6O4S/c1-2-32-18(30)14-11-34-17-15(14)16(26-20(24)27-17)28-7-9-29(10-8-28)21(31)25-12-3-5-13(6-4-12)33-19(22)23/h3-6,11,19H,2,7-10H2,1H3,(H,25,31)(H2,24,26,27). The number of nitrogens with one attached hydrogen (secondary N) is 1. The Labute approximate surface area is 197 Å². The molecule has 0 spiro atoms. The highest BCUT2D eigenvalue weighted by Crippen LogP contribution is 2.33. The van der Waals surface area contributed by atoms with E-state index < -0.39 is 12.6 Å². The second-order valence-electron chi connectivity index (χ2n) is 7.26. The van der Waals surface area contributed by atoms with Crippen LogP contribution in [-0.4, -0.2) is 66.3 Å². The smallest absolute Gasteiger partial charge is 0.387 e. The molecule has 0 radical (unpaired) electrons. The minimum Gasteiger partial charge on any atom is -0.462 e. The highest BCUT2D eigenvalue weighted by atomic mass is 32.1. The number of urea groups is 1. The maximum absolute atomic E-state index is 12.7. The summed E-state index contributed by atoms with van der Waals surface area (Å²) in [6.07, 6.45) is 0. The highest BCUT2D eigenvalue weighted by molar-refractivity contribution is 7.17. The van der Waals surface area contributed by atoms with Gasteiger partial charge in [-0.2, -0.15) is 13.8 Å². The Kier molecular flexibility index (Phi) is 6.91. The minimum absolute atomic E-state index is 0.00710. The van der Waals surface area contributed by atoms with Gasteiger partial charge in [-0.15, -0.1) is 11.3 Å². The van der Waals surface area contributed by atoms with E-state index >= 15 is 0 Å². The Morgan fingerprint density at radius 2 is 1.88 bits per heavy atom. The van der Waals surface area contributed by atoms with E-state index in [1.807, 2.05) is 4.90 Å². The molecular weight excluding hydrogens is 470 g/mol. The lowest BCUT2D eigenvalue weighted by molar-refractivity contribution is -0.0498. The number of ether oxygens (including phenoxy) is 2. The van der Waals surface area contributed by atoms with E-state index in [0.29, 0.717) is 53.5 Å². The van der Waals surface area contributed by atoms with Crippen molar-refractivity contribution in [2.24, 2.45) is 0 Å². The molecular formula is C21H22F2N6O4S. The largest absolute Gasteiger partial charge is 0.462 e. The summed E-state index contributed by atoms with van der Waals surface area (Å²) in [5.41, 5.74) is 6.73. The van der Waals surface area contributed by atoms with Crippen LogP contribution in [0.4, 0.5) is 31.0 Å². The molecule has 1 aliphatic rings. The maximum atomic E-state index is 12.7. The molecule has 3 aromatic rings. The van der Waals surface area contributed by atoms with Crippen LogP contribution in [0.15, 0.2) is 29.6 Å². The molecule has 2 amide bonds. The van der Waals surface area contributed by atoms with Crippen molar-refractivity contribution in [2.45, 2.75) is 13.5 Å². The van der Waals surface area contributed by atoms with Crippen LogP contribution >= 0.6 is 11.3 Å². The summed E-state index contributed by atoms with van der Waals surface area (Å²) in [7, 11) is 0. The molecule has 3 heterocycles. The molecule has 1 aromatic carbocycles. The quantitative estimate of drug-likeness (QED) is 0.502. The third kappa shape index (κ3) is 5.09. The topological polar surface area (TPSA) is 123 Å². The third-order valence-electron chi connectivity index (χ3n) is 5.12. The molecule has 10 nitrogen and oxygen atoms in total. The molecule has 0 unspecified atom stereocenters. The van der Waals surface area contributed by atoms with Crippen LogP contribution in [0.25, 0.3) is 10.2 Å². The monoisotopic (exact) mass is 492 g/mol. The fraction of sp³-hybridized carbons (Fsp3) is 0.333. The number of nitrogen functional groups attached to an aromatic ring is 1. The van der Waals surface area contributed by atoms with Gasteiger partial charge in [0.2, 0.25) is 5.95 Å². The van der Waals surface area contributed by atoms with Gasteiger partial charge in [0, 0.05) is 37.2 Å². The molecule has 4 rings (SSSR count). The number of anilines is 3. The van der Waals surface area contributed by atoms with Crippen molar-refractivity contribution in [1.82, 2.24) is 14.9 Å². The summed E-state index contributed by atoms with van der Waals surface area (Å²) in [6, 6.07) is 5.36. The van der Waals surface area contributed by atoms with E-state index in [9.17, 15) is 18.4 Å². The minimum atomic E-state index is -2.91. The van der Waals surface area contributed by atoms with Crippen LogP contribution in [-0.2, 0) is 4.74 Å². The highest BCUT2D eigenvalue weighted by Gasteiger charge is 2.27. The molecule has 2 aromatic heterocycles. The molecule has 0 saturated carbocycles. The van der Waals surface area contributed by atoms with Gasteiger partial charge >= 0.3 is 18.6 Å². The van der Waals surface area contributed by atoms with Gasteiger partial charge in [-0.05, 0) is 31.2 Å². The first-order valence-corrected chi connectivity index (χ1v) is 11.3. The second kappa shape index (κ2) is 10.0. The molecule has 3 N–H and O–H groups in total. The van der Waals surface area contributed by atoms with Crippen LogP contribution in [0.5, 0.6) is 5.75 Å². The summed E-state index contributed by atoms with van der Waals surface area (Å²) >= 11 is 1.29. The lowest BCUT2D eigenvalue weighted by atomic mass is 10.2. The molecule has 1 saturated heterocycles. The van der Waals surface area contributed by atoms with Crippen LogP contribution < -0.4 is 20.7 Å². The summed E-state index contributed by atoms with van der Waals surface area (Å²) in [6.45, 7) is 0.766. The van der Waals surface area contributed by atoms with E-state index in [1.54, 1.807) is 17.2 Å². The number of piperazine rings is 1. The van der Waals surface area contributed by atoms with E-state index in [2.05, 4.69) is 20.0 Å². The number of hydrogen-bond acceptors (Lipinski definition) is 9. The lowest BCUT2D eigenvalue weighted by Crippen LogP contribution is -2.50. The number of hydrogen-bond donors (Lipinski definition) is 2. The number of carbonyl (C=O) groups is 2. The van der Waals surface area contributed by atoms with Crippen molar-refractivity contribution in [3.8, 4) is 5.75 Å². The zero-order valence-corrected chi connectivity index (χ0v) is 19.0. The fourth-order valence-electron chi connectivity index (χ4n) is 3.57. The van der Waals surface area contributed by atoms with Gasteiger partial charge < -0.3 is 30.3 Å². The van der Waals surface area contributed by atoms with E-state index in [-0.39, 0.29) is 24.3 Å². The van der Waals surface area contributed by atoms with Gasteiger partial charge in [0.25, 0.3) is 0 Å². The summed E-state index contributed by atoms with van der Waals surface area (Å²) in [5, 5.41) is 5.01. The Hall–Kier alpha value is -3.74. The number of halogens is 2. The number of esters is 1. The summed E-state index contributed by atoms with van der Waals surface area (Å²) < 4.78 is 34.0. The molecule has 0 atom stereocenters. The second-order valence-corrected chi connectivity index (χ2v) is 8.12. The van der Waals surface area contributed by atoms with Crippen LogP contribution in [0.2, 0.25) is 0 Å². The van der Waals surface area contributed by atoms with Crippen LogP contribution in [0, 0.1) is 0 Å². The maximum Gasteiger partial charge on any atom is 0.387 e. The van der Waals surface area contributed by atoms with Crippen molar-refractivity contribution >= 4 is 51.0 Å². The molecule has 0 aliphatic carbocycles. The number of fused-ring (bicyclic) bond motifs is 1. The van der Waals surface area contributed by atoms with Crippen LogP contribution in [0.3, 0.4) is 0 Å². The van der Waals surface area contributed by atoms with Crippen molar-refractivity contribution in [2.75, 3.05) is 48.7 Å². The zero-order chi connectivity index (χ0) is 24.2. The van der Waals surface area contributed by atoms with E-state index in [0.717, 1.165) is 0 Å². The van der Waals surface area contributed by atoms with Gasteiger partial charge in [0.15, 0.2) is 0 Å². The molecule has 1 fully saturated rings. The average molecular weight is 493 g/mol. The molecule has 0 bridgehead atoms. The number of amides is 2. The van der Waals surface area contributed by atoms with Gasteiger partial charge in [-0.3, -0.25) is 0 Å². The van der Waals surface area contributed by atoms with Gasteiger partial charge in [0.1, 0.15) is 16.4 Å². The average Bonchev–Trinajstić information content (AvgIpc) is 3.23. The van der Waals surface area contributed by atoms with E-state index in [1.165, 1.54) is 35.6 Å². The van der Waals surface area contributed by atoms with Crippen molar-refractivity contribution in [3.63, 3.8) is 0 Å². The first kappa shape index (κ1) is 23.4. The summed E-state index contributed by atoms with van der Waals surface area (Å²) in [5.74, 6) is 0.180. The molecule has 13 heteroatoms. The predicted molar refractivity (Wildman–Crippen MR) is 124 cm³/mol. The molecule has 180 valence electrons. The number of nitrogens with zero attached hydrogens (tertiary/aromatic N) is 4. The Morgan fingerprint density at radius 3 is 2.53 bits per heavy atom. The molecule has 34 heavy (non-hydrogen) atoms. The lowest BCUT2D eigenvalue weighted by Gasteiger charge is -2.35. The van der Waals surface area contributed by atoms with Crippen molar-refractivity contribution in [1.29, 1.82) is 0 Å². The third-order valence-corrected chi connectivity index (χ3v) is 6.00. The predicted octanol–water partition coefficient (Wildman–Crippen LogP) is 3.41. The zero-order valence-electron chi connectivity index (χ0n) is 18.2. The fourth-order valence-corrected chi connectivity index (χ4v) is 4.48. The number of carbonyl (C=O) groups excluding carboxylic acids is 2. The van der Waals surface area contributed by atoms with Gasteiger partial charge in [-0.1, -0.05) is 0 Å². The Bertz CT molecular complexity index is 1180. The first-order valence-electron chi connectivity index (χ1n) is 10.4. The van der Waals surface area contributed by atoms with Gasteiger partial charge in [0.05, 0.1) is 17.6 Å². The van der Waals surface area contributed by atoms with Crippen molar-refractivity contribution < 1.29 is 27.8 Å². The number of aromatic nitrogens is 2. The number of rotatable bonds is 6. The SMILES string of the molecule is CCOC(=O)c1csc2nc(N)nc(N3CCN(C(=O)Nc4ccc(OC(F)F)cc4)CC3)c12. The van der Waals surface area contributed by atoms with Crippen molar-refractivity contribution in [3.05, 3.63) is 35.2 Å². The van der Waals surface area contributed by atoms with Crippen LogP contribution in [0.1, 0.15) is 17.3 Å². The Morgan fingerprint density at radius 1 is 1.18 bits per heavy atom. The molecule has 1 aliphatic heterocycles. The number of benzene rings is 1. The number of thiophene rings is 1. The Balaban J connectivity index is 1.44. The summed E-state index contributed by atoms with van der Waals surface area (Å²) in [4.78, 5) is 37.8.